The molecular formula is C12H10Cl2N4O. The molecule has 5 nitrogen and oxygen atoms in total. The van der Waals surface area contributed by atoms with Crippen LogP contribution in [0.4, 0.5) is 0 Å². The van der Waals surface area contributed by atoms with E-state index in [0.717, 1.165) is 0 Å². The van der Waals surface area contributed by atoms with Crippen molar-refractivity contribution in [1.82, 2.24) is 0 Å². The Hall–Kier alpha value is -1.98. The lowest BCUT2D eigenvalue weighted by molar-refractivity contribution is 0.575. The summed E-state index contributed by atoms with van der Waals surface area (Å²) in [6.07, 6.45) is 1.39. The zero-order valence-corrected chi connectivity index (χ0v) is 11.2. The molecule has 0 spiro atoms. The summed E-state index contributed by atoms with van der Waals surface area (Å²) < 4.78 is 5.54. The van der Waals surface area contributed by atoms with Crippen LogP contribution in [0.25, 0.3) is 11.3 Å². The minimum atomic E-state index is -0.124. The molecule has 0 saturated carbocycles. The van der Waals surface area contributed by atoms with Crippen molar-refractivity contribution in [2.75, 3.05) is 0 Å². The average molecular weight is 297 g/mol. The number of rotatable bonds is 3. The number of guanidine groups is 1. The number of nitrogens with two attached hydrogens (primary N) is 2. The highest BCUT2D eigenvalue weighted by Gasteiger charge is 2.08. The highest BCUT2D eigenvalue weighted by molar-refractivity contribution is 6.35. The third-order valence-electron chi connectivity index (χ3n) is 2.18. The van der Waals surface area contributed by atoms with Crippen molar-refractivity contribution in [2.24, 2.45) is 21.7 Å². The molecule has 0 atom stereocenters. The van der Waals surface area contributed by atoms with Gasteiger partial charge in [0, 0.05) is 10.6 Å². The molecule has 0 unspecified atom stereocenters. The Morgan fingerprint density at radius 1 is 1.16 bits per heavy atom. The van der Waals surface area contributed by atoms with Crippen molar-refractivity contribution >= 4 is 35.4 Å². The van der Waals surface area contributed by atoms with E-state index >= 15 is 0 Å². The lowest BCUT2D eigenvalue weighted by atomic mass is 10.2. The second-order valence-corrected chi connectivity index (χ2v) is 4.44. The SMILES string of the molecule is NC(N)=N/N=C\c1ccc(-c2cc(Cl)ccc2Cl)o1. The lowest BCUT2D eigenvalue weighted by Crippen LogP contribution is -2.21. The predicted molar refractivity (Wildman–Crippen MR) is 77.6 cm³/mol. The highest BCUT2D eigenvalue weighted by Crippen LogP contribution is 2.31. The summed E-state index contributed by atoms with van der Waals surface area (Å²) in [6, 6.07) is 8.61. The van der Waals surface area contributed by atoms with Gasteiger partial charge in [0.15, 0.2) is 0 Å². The second-order valence-electron chi connectivity index (χ2n) is 3.60. The van der Waals surface area contributed by atoms with Gasteiger partial charge in [-0.05, 0) is 30.3 Å². The van der Waals surface area contributed by atoms with Gasteiger partial charge in [-0.2, -0.15) is 5.10 Å². The molecule has 0 amide bonds. The summed E-state index contributed by atoms with van der Waals surface area (Å²) in [7, 11) is 0. The average Bonchev–Trinajstić information content (AvgIpc) is 2.80. The fraction of sp³-hybridized carbons (Fsp3) is 0. The van der Waals surface area contributed by atoms with Gasteiger partial charge >= 0.3 is 0 Å². The van der Waals surface area contributed by atoms with Crippen LogP contribution >= 0.6 is 23.2 Å². The molecule has 0 bridgehead atoms. The summed E-state index contributed by atoms with van der Waals surface area (Å²) >= 11 is 12.0. The lowest BCUT2D eigenvalue weighted by Gasteiger charge is -2.00. The van der Waals surface area contributed by atoms with Gasteiger partial charge in [0.2, 0.25) is 5.96 Å². The summed E-state index contributed by atoms with van der Waals surface area (Å²) in [5.74, 6) is 0.954. The number of furan rings is 1. The van der Waals surface area contributed by atoms with Crippen molar-refractivity contribution < 1.29 is 4.42 Å². The predicted octanol–water partition coefficient (Wildman–Crippen LogP) is 2.86. The molecule has 0 fully saturated rings. The monoisotopic (exact) mass is 296 g/mol. The fourth-order valence-corrected chi connectivity index (χ4v) is 1.79. The van der Waals surface area contributed by atoms with Gasteiger partial charge in [0.05, 0.1) is 11.2 Å². The van der Waals surface area contributed by atoms with Gasteiger partial charge in [-0.3, -0.25) is 0 Å². The normalized spacial score (nSPS) is 10.8. The van der Waals surface area contributed by atoms with Crippen molar-refractivity contribution in [3.63, 3.8) is 0 Å². The molecule has 0 aliphatic carbocycles. The van der Waals surface area contributed by atoms with Crippen LogP contribution in [-0.2, 0) is 0 Å². The zero-order chi connectivity index (χ0) is 13.8. The van der Waals surface area contributed by atoms with Crippen molar-refractivity contribution in [3.05, 3.63) is 46.1 Å². The van der Waals surface area contributed by atoms with Crippen LogP contribution in [0.1, 0.15) is 5.76 Å². The molecule has 2 aromatic rings. The number of hydrogen-bond acceptors (Lipinski definition) is 3. The number of benzene rings is 1. The molecule has 98 valence electrons. The first kappa shape index (κ1) is 13.5. The molecule has 0 radical (unpaired) electrons. The largest absolute Gasteiger partial charge is 0.455 e. The Labute approximate surface area is 119 Å². The Morgan fingerprint density at radius 3 is 2.68 bits per heavy atom. The molecule has 1 aromatic carbocycles. The molecule has 2 rings (SSSR count). The van der Waals surface area contributed by atoms with Gasteiger partial charge < -0.3 is 15.9 Å². The topological polar surface area (TPSA) is 89.9 Å². The molecule has 4 N–H and O–H groups in total. The van der Waals surface area contributed by atoms with Gasteiger partial charge in [0.25, 0.3) is 0 Å². The van der Waals surface area contributed by atoms with E-state index < -0.39 is 0 Å². The van der Waals surface area contributed by atoms with E-state index in [1.807, 2.05) is 0 Å². The van der Waals surface area contributed by atoms with Crippen molar-refractivity contribution in [2.45, 2.75) is 0 Å². The van der Waals surface area contributed by atoms with Crippen LogP contribution in [0.3, 0.4) is 0 Å². The third-order valence-corrected chi connectivity index (χ3v) is 2.74. The first-order valence-electron chi connectivity index (χ1n) is 5.23. The Bertz CT molecular complexity index is 645. The maximum Gasteiger partial charge on any atom is 0.211 e. The number of halogens is 2. The van der Waals surface area contributed by atoms with Gasteiger partial charge in [-0.15, -0.1) is 5.10 Å². The molecule has 1 heterocycles. The Morgan fingerprint density at radius 2 is 1.95 bits per heavy atom. The van der Waals surface area contributed by atoms with Crippen LogP contribution in [0, 0.1) is 0 Å². The first-order valence-corrected chi connectivity index (χ1v) is 5.99. The summed E-state index contributed by atoms with van der Waals surface area (Å²) in [4.78, 5) is 0. The van der Waals surface area contributed by atoms with Crippen molar-refractivity contribution in [1.29, 1.82) is 0 Å². The summed E-state index contributed by atoms with van der Waals surface area (Å²) in [5, 5.41) is 8.24. The standard InChI is InChI=1S/C12H10Cl2N4O/c13-7-1-3-10(14)9(5-7)11-4-2-8(19-11)6-17-18-12(15)16/h1-6H,(H4,15,16,18)/b17-6-. The first-order chi connectivity index (χ1) is 9.06. The van der Waals surface area contributed by atoms with Crippen LogP contribution in [0.2, 0.25) is 10.0 Å². The van der Waals surface area contributed by atoms with Crippen LogP contribution in [-0.4, -0.2) is 12.2 Å². The van der Waals surface area contributed by atoms with E-state index in [9.17, 15) is 0 Å². The molecule has 1 aromatic heterocycles. The fourth-order valence-electron chi connectivity index (χ4n) is 1.41. The molecule has 0 saturated heterocycles. The van der Waals surface area contributed by atoms with E-state index in [-0.39, 0.29) is 5.96 Å². The maximum atomic E-state index is 6.08. The second kappa shape index (κ2) is 5.77. The Balaban J connectivity index is 2.28. The number of nitrogens with zero attached hydrogens (tertiary/aromatic N) is 2. The van der Waals surface area contributed by atoms with E-state index in [4.69, 9.17) is 39.1 Å². The van der Waals surface area contributed by atoms with E-state index in [0.29, 0.717) is 27.1 Å². The molecular weight excluding hydrogens is 287 g/mol. The third kappa shape index (κ3) is 3.49. The van der Waals surface area contributed by atoms with Crippen molar-refractivity contribution in [3.8, 4) is 11.3 Å². The molecule has 7 heteroatoms. The number of hydrogen-bond donors (Lipinski definition) is 2. The summed E-state index contributed by atoms with van der Waals surface area (Å²) in [5.41, 5.74) is 11.0. The van der Waals surface area contributed by atoms with E-state index in [2.05, 4.69) is 10.2 Å². The van der Waals surface area contributed by atoms with Crippen LogP contribution in [0.15, 0.2) is 45.0 Å². The molecule has 19 heavy (non-hydrogen) atoms. The maximum absolute atomic E-state index is 6.08. The van der Waals surface area contributed by atoms with Gasteiger partial charge in [0.1, 0.15) is 11.5 Å². The smallest absolute Gasteiger partial charge is 0.211 e. The zero-order valence-electron chi connectivity index (χ0n) is 9.68. The minimum Gasteiger partial charge on any atom is -0.455 e. The van der Waals surface area contributed by atoms with Crippen LogP contribution < -0.4 is 11.5 Å². The van der Waals surface area contributed by atoms with E-state index in [1.165, 1.54) is 6.21 Å². The van der Waals surface area contributed by atoms with Gasteiger partial charge in [-0.1, -0.05) is 23.2 Å². The Kier molecular flexibility index (Phi) is 4.09. The van der Waals surface area contributed by atoms with E-state index in [1.54, 1.807) is 30.3 Å². The van der Waals surface area contributed by atoms with Gasteiger partial charge in [-0.25, -0.2) is 0 Å². The minimum absolute atomic E-state index is 0.124. The highest BCUT2D eigenvalue weighted by atomic mass is 35.5. The summed E-state index contributed by atoms with van der Waals surface area (Å²) in [6.45, 7) is 0. The quantitative estimate of drug-likeness (QED) is 0.518. The van der Waals surface area contributed by atoms with Crippen LogP contribution in [0.5, 0.6) is 0 Å². The molecule has 0 aliphatic heterocycles. The molecule has 0 aliphatic rings.